The standard InChI is InChI=1S/C10H19NO/c1-8-6-9(12-5)7-11(8)10(2,3)4/h7-8H,6H2,1-5H3/t8-/m1/s1. The summed E-state index contributed by atoms with van der Waals surface area (Å²) in [6.07, 6.45) is 3.17. The Balaban J connectivity index is 2.73. The van der Waals surface area contributed by atoms with E-state index in [-0.39, 0.29) is 5.54 Å². The average Bonchev–Trinajstić information content (AvgIpc) is 2.29. The van der Waals surface area contributed by atoms with Gasteiger partial charge in [-0.05, 0) is 27.7 Å². The van der Waals surface area contributed by atoms with Gasteiger partial charge in [0.15, 0.2) is 0 Å². The maximum Gasteiger partial charge on any atom is 0.113 e. The Morgan fingerprint density at radius 2 is 2.08 bits per heavy atom. The van der Waals surface area contributed by atoms with Crippen molar-refractivity contribution < 1.29 is 4.74 Å². The number of rotatable bonds is 1. The number of hydrogen-bond donors (Lipinski definition) is 0. The van der Waals surface area contributed by atoms with Gasteiger partial charge in [0.25, 0.3) is 0 Å². The molecule has 1 rings (SSSR count). The highest BCUT2D eigenvalue weighted by molar-refractivity contribution is 5.07. The fourth-order valence-electron chi connectivity index (χ4n) is 1.72. The molecule has 2 heteroatoms. The van der Waals surface area contributed by atoms with E-state index < -0.39 is 0 Å². The highest BCUT2D eigenvalue weighted by atomic mass is 16.5. The van der Waals surface area contributed by atoms with Gasteiger partial charge in [-0.3, -0.25) is 0 Å². The van der Waals surface area contributed by atoms with E-state index in [2.05, 4.69) is 38.8 Å². The summed E-state index contributed by atoms with van der Waals surface area (Å²) >= 11 is 0. The van der Waals surface area contributed by atoms with Crippen molar-refractivity contribution in [3.05, 3.63) is 12.0 Å². The van der Waals surface area contributed by atoms with E-state index in [1.807, 2.05) is 0 Å². The van der Waals surface area contributed by atoms with Crippen LogP contribution in [0.25, 0.3) is 0 Å². The first-order chi connectivity index (χ1) is 5.45. The van der Waals surface area contributed by atoms with Crippen LogP contribution in [0.2, 0.25) is 0 Å². The molecule has 70 valence electrons. The van der Waals surface area contributed by atoms with E-state index in [4.69, 9.17) is 4.74 Å². The van der Waals surface area contributed by atoms with Gasteiger partial charge in [-0.1, -0.05) is 0 Å². The summed E-state index contributed by atoms with van der Waals surface area (Å²) in [4.78, 5) is 2.35. The predicted octanol–water partition coefficient (Wildman–Crippen LogP) is 2.37. The van der Waals surface area contributed by atoms with Crippen molar-refractivity contribution in [1.29, 1.82) is 0 Å². The fraction of sp³-hybridized carbons (Fsp3) is 0.800. The molecule has 1 heterocycles. The van der Waals surface area contributed by atoms with Crippen LogP contribution in [0.3, 0.4) is 0 Å². The van der Waals surface area contributed by atoms with Crippen LogP contribution in [0.4, 0.5) is 0 Å². The van der Waals surface area contributed by atoms with Crippen molar-refractivity contribution in [1.82, 2.24) is 4.90 Å². The van der Waals surface area contributed by atoms with E-state index in [0.717, 1.165) is 12.2 Å². The number of methoxy groups -OCH3 is 1. The monoisotopic (exact) mass is 169 g/mol. The third-order valence-electron chi connectivity index (χ3n) is 2.29. The van der Waals surface area contributed by atoms with E-state index in [0.29, 0.717) is 6.04 Å². The zero-order valence-electron chi connectivity index (χ0n) is 8.72. The van der Waals surface area contributed by atoms with Crippen molar-refractivity contribution in [2.24, 2.45) is 0 Å². The van der Waals surface area contributed by atoms with E-state index in [9.17, 15) is 0 Å². The minimum absolute atomic E-state index is 0.208. The normalized spacial score (nSPS) is 24.2. The maximum atomic E-state index is 5.23. The highest BCUT2D eigenvalue weighted by Crippen LogP contribution is 2.28. The lowest BCUT2D eigenvalue weighted by molar-refractivity contribution is 0.170. The summed E-state index contributed by atoms with van der Waals surface area (Å²) in [7, 11) is 1.74. The second-order valence-corrected chi connectivity index (χ2v) is 4.43. The Bertz CT molecular complexity index is 191. The molecule has 0 fully saturated rings. The third-order valence-corrected chi connectivity index (χ3v) is 2.29. The molecule has 0 saturated carbocycles. The van der Waals surface area contributed by atoms with Crippen molar-refractivity contribution >= 4 is 0 Å². The molecular weight excluding hydrogens is 150 g/mol. The van der Waals surface area contributed by atoms with Crippen LogP contribution in [-0.2, 0) is 4.74 Å². The molecule has 0 bridgehead atoms. The molecule has 0 amide bonds. The summed E-state index contributed by atoms with van der Waals surface area (Å²) < 4.78 is 5.23. The largest absolute Gasteiger partial charge is 0.500 e. The molecule has 0 unspecified atom stereocenters. The Morgan fingerprint density at radius 1 is 1.50 bits per heavy atom. The van der Waals surface area contributed by atoms with Crippen LogP contribution in [0.5, 0.6) is 0 Å². The lowest BCUT2D eigenvalue weighted by atomic mass is 10.1. The fourth-order valence-corrected chi connectivity index (χ4v) is 1.72. The van der Waals surface area contributed by atoms with E-state index in [1.54, 1.807) is 7.11 Å². The van der Waals surface area contributed by atoms with Gasteiger partial charge in [0.2, 0.25) is 0 Å². The van der Waals surface area contributed by atoms with Crippen LogP contribution in [0, 0.1) is 0 Å². The van der Waals surface area contributed by atoms with Crippen molar-refractivity contribution in [2.75, 3.05) is 7.11 Å². The quantitative estimate of drug-likeness (QED) is 0.597. The number of hydrogen-bond acceptors (Lipinski definition) is 2. The van der Waals surface area contributed by atoms with Gasteiger partial charge in [0.1, 0.15) is 5.76 Å². The van der Waals surface area contributed by atoms with Crippen LogP contribution < -0.4 is 0 Å². The number of ether oxygens (including phenoxy) is 1. The SMILES string of the molecule is COC1=CN(C(C)(C)C)[C@H](C)C1. The van der Waals surface area contributed by atoms with Gasteiger partial charge in [-0.15, -0.1) is 0 Å². The van der Waals surface area contributed by atoms with Crippen LogP contribution in [-0.4, -0.2) is 23.6 Å². The lowest BCUT2D eigenvalue weighted by Gasteiger charge is -2.35. The van der Waals surface area contributed by atoms with Gasteiger partial charge in [-0.25, -0.2) is 0 Å². The molecule has 1 aliphatic heterocycles. The molecular formula is C10H19NO. The summed E-state index contributed by atoms with van der Waals surface area (Å²) in [6, 6.07) is 0.569. The van der Waals surface area contributed by atoms with Crippen LogP contribution in [0.1, 0.15) is 34.1 Å². The molecule has 0 aromatic carbocycles. The van der Waals surface area contributed by atoms with Crippen LogP contribution >= 0.6 is 0 Å². The zero-order chi connectivity index (χ0) is 9.35. The molecule has 0 N–H and O–H groups in total. The Kier molecular flexibility index (Phi) is 2.36. The maximum absolute atomic E-state index is 5.23. The predicted molar refractivity (Wildman–Crippen MR) is 50.8 cm³/mol. The Morgan fingerprint density at radius 3 is 2.33 bits per heavy atom. The van der Waals surface area contributed by atoms with Gasteiger partial charge in [-0.2, -0.15) is 0 Å². The van der Waals surface area contributed by atoms with E-state index in [1.165, 1.54) is 0 Å². The highest BCUT2D eigenvalue weighted by Gasteiger charge is 2.29. The molecule has 0 radical (unpaired) electrons. The first kappa shape index (κ1) is 9.43. The molecule has 1 atom stereocenters. The topological polar surface area (TPSA) is 12.5 Å². The minimum atomic E-state index is 0.208. The second kappa shape index (κ2) is 3.00. The van der Waals surface area contributed by atoms with Gasteiger partial charge < -0.3 is 9.64 Å². The molecule has 0 aliphatic carbocycles. The first-order valence-corrected chi connectivity index (χ1v) is 4.48. The van der Waals surface area contributed by atoms with Crippen molar-refractivity contribution in [2.45, 2.75) is 45.7 Å². The van der Waals surface area contributed by atoms with Crippen LogP contribution in [0.15, 0.2) is 12.0 Å². The molecule has 1 aliphatic rings. The Labute approximate surface area is 75.2 Å². The average molecular weight is 169 g/mol. The molecule has 12 heavy (non-hydrogen) atoms. The zero-order valence-corrected chi connectivity index (χ0v) is 8.72. The lowest BCUT2D eigenvalue weighted by Crippen LogP contribution is -2.40. The van der Waals surface area contributed by atoms with Crippen molar-refractivity contribution in [3.63, 3.8) is 0 Å². The minimum Gasteiger partial charge on any atom is -0.500 e. The van der Waals surface area contributed by atoms with Gasteiger partial charge >= 0.3 is 0 Å². The summed E-state index contributed by atoms with van der Waals surface area (Å²) in [6.45, 7) is 8.89. The summed E-state index contributed by atoms with van der Waals surface area (Å²) in [5.41, 5.74) is 0.208. The Hall–Kier alpha value is -0.660. The van der Waals surface area contributed by atoms with Gasteiger partial charge in [0.05, 0.1) is 7.11 Å². The molecule has 2 nitrogen and oxygen atoms in total. The number of nitrogens with zero attached hydrogens (tertiary/aromatic N) is 1. The summed E-state index contributed by atoms with van der Waals surface area (Å²) in [5.74, 6) is 1.09. The van der Waals surface area contributed by atoms with Gasteiger partial charge in [0, 0.05) is 24.2 Å². The second-order valence-electron chi connectivity index (χ2n) is 4.43. The van der Waals surface area contributed by atoms with Crippen molar-refractivity contribution in [3.8, 4) is 0 Å². The molecule has 0 spiro atoms. The smallest absolute Gasteiger partial charge is 0.113 e. The molecule has 0 aromatic heterocycles. The first-order valence-electron chi connectivity index (χ1n) is 4.48. The third kappa shape index (κ3) is 1.74. The molecule has 0 saturated heterocycles. The van der Waals surface area contributed by atoms with E-state index >= 15 is 0 Å². The summed E-state index contributed by atoms with van der Waals surface area (Å²) in [5, 5.41) is 0. The molecule has 0 aromatic rings.